The van der Waals surface area contributed by atoms with Crippen LogP contribution in [0, 0.1) is 0 Å². The topological polar surface area (TPSA) is 13.1 Å². The molecule has 7 aromatic carbocycles. The van der Waals surface area contributed by atoms with Crippen molar-refractivity contribution in [3.63, 3.8) is 0 Å². The largest absolute Gasteiger partial charge is 0.460 e. The number of hydrogen-bond donors (Lipinski definition) is 0. The Morgan fingerprint density at radius 1 is 0.488 bits per heavy atom. The lowest BCUT2D eigenvalue weighted by molar-refractivity contribution is 0.546. The molecule has 0 saturated carbocycles. The van der Waals surface area contributed by atoms with Crippen molar-refractivity contribution in [1.29, 1.82) is 0 Å². The van der Waals surface area contributed by atoms with Crippen molar-refractivity contribution < 1.29 is 4.42 Å². The molecule has 0 radical (unpaired) electrons. The van der Waals surface area contributed by atoms with Gasteiger partial charge in [-0.2, -0.15) is 0 Å². The Morgan fingerprint density at radius 2 is 1.14 bits per heavy atom. The summed E-state index contributed by atoms with van der Waals surface area (Å²) in [4.78, 5) is 0. The summed E-state index contributed by atoms with van der Waals surface area (Å²) in [7, 11) is 0. The first-order chi connectivity index (χ1) is 21.3. The highest BCUT2D eigenvalue weighted by Gasteiger charge is 2.23. The van der Waals surface area contributed by atoms with E-state index in [2.05, 4.69) is 146 Å². The van der Waals surface area contributed by atoms with E-state index in [0.717, 1.165) is 24.2 Å². The molecule has 0 atom stereocenters. The van der Waals surface area contributed by atoms with Crippen molar-refractivity contribution >= 4 is 49.4 Å². The molecule has 1 aliphatic carbocycles. The van der Waals surface area contributed by atoms with Crippen LogP contribution in [-0.4, -0.2) is 0 Å². The number of furan rings is 1. The Morgan fingerprint density at radius 3 is 1.88 bits per heavy atom. The quantitative estimate of drug-likeness (QED) is 0.200. The fourth-order valence-corrected chi connectivity index (χ4v) is 7.15. The van der Waals surface area contributed by atoms with Crippen LogP contribution in [-0.2, 0) is 6.42 Å². The van der Waals surface area contributed by atoms with Gasteiger partial charge < -0.3 is 4.42 Å². The predicted molar refractivity (Wildman–Crippen MR) is 182 cm³/mol. The highest BCUT2D eigenvalue weighted by atomic mass is 16.3. The number of allylic oxidation sites excluding steroid dienone is 1. The van der Waals surface area contributed by atoms with Gasteiger partial charge >= 0.3 is 0 Å². The third kappa shape index (κ3) is 3.78. The summed E-state index contributed by atoms with van der Waals surface area (Å²) in [5, 5.41) is 8.76. The van der Waals surface area contributed by atoms with Gasteiger partial charge in [0.15, 0.2) is 0 Å². The average Bonchev–Trinajstić information content (AvgIpc) is 3.46. The second kappa shape index (κ2) is 9.58. The number of hydrogen-bond acceptors (Lipinski definition) is 1. The van der Waals surface area contributed by atoms with Gasteiger partial charge in [0.25, 0.3) is 0 Å². The molecular weight excluding hydrogens is 520 g/mol. The molecule has 9 rings (SSSR count). The normalized spacial score (nSPS) is 12.8. The molecule has 0 spiro atoms. The summed E-state index contributed by atoms with van der Waals surface area (Å²) in [5.74, 6) is 1.09. The SMILES string of the molecule is C1=Cc2c(oc3cc(-c4ccccc4)cc(-c4c5ccccc5c(-c5ccc6ccccc6c5)c5ccccc45)c23)CC1. The Labute approximate surface area is 250 Å². The van der Waals surface area contributed by atoms with Gasteiger partial charge in [0.2, 0.25) is 0 Å². The fourth-order valence-electron chi connectivity index (χ4n) is 7.15. The van der Waals surface area contributed by atoms with Crippen LogP contribution in [0.15, 0.2) is 144 Å². The van der Waals surface area contributed by atoms with Gasteiger partial charge in [0.05, 0.1) is 0 Å². The third-order valence-electron chi connectivity index (χ3n) is 9.07. The lowest BCUT2D eigenvalue weighted by atomic mass is 9.83. The highest BCUT2D eigenvalue weighted by Crippen LogP contribution is 2.48. The first-order valence-electron chi connectivity index (χ1n) is 15.1. The molecule has 1 heterocycles. The molecule has 0 bridgehead atoms. The minimum Gasteiger partial charge on any atom is -0.460 e. The molecule has 43 heavy (non-hydrogen) atoms. The van der Waals surface area contributed by atoms with Crippen LogP contribution in [0.1, 0.15) is 17.7 Å². The zero-order chi connectivity index (χ0) is 28.3. The van der Waals surface area contributed by atoms with Crippen LogP contribution in [0.3, 0.4) is 0 Å². The fraction of sp³-hybridized carbons (Fsp3) is 0.0476. The molecule has 0 fully saturated rings. The Bertz CT molecular complexity index is 2330. The van der Waals surface area contributed by atoms with E-state index in [9.17, 15) is 0 Å². The summed E-state index contributed by atoms with van der Waals surface area (Å²) >= 11 is 0. The van der Waals surface area contributed by atoms with Crippen LogP contribution in [0.25, 0.3) is 82.7 Å². The van der Waals surface area contributed by atoms with Crippen molar-refractivity contribution in [3.05, 3.63) is 151 Å². The molecule has 8 aromatic rings. The molecule has 1 aromatic heterocycles. The third-order valence-corrected chi connectivity index (χ3v) is 9.07. The van der Waals surface area contributed by atoms with Crippen molar-refractivity contribution in [2.45, 2.75) is 12.8 Å². The zero-order valence-electron chi connectivity index (χ0n) is 23.7. The number of benzene rings is 7. The van der Waals surface area contributed by atoms with Crippen molar-refractivity contribution in [2.75, 3.05) is 0 Å². The molecule has 0 saturated heterocycles. The van der Waals surface area contributed by atoms with Gasteiger partial charge in [0, 0.05) is 17.4 Å². The number of rotatable bonds is 3. The van der Waals surface area contributed by atoms with Gasteiger partial charge in [0.1, 0.15) is 11.3 Å². The Balaban J connectivity index is 1.44. The number of fused-ring (bicyclic) bond motifs is 6. The maximum absolute atomic E-state index is 6.62. The van der Waals surface area contributed by atoms with Crippen molar-refractivity contribution in [1.82, 2.24) is 0 Å². The smallest absolute Gasteiger partial charge is 0.136 e. The van der Waals surface area contributed by atoms with Gasteiger partial charge in [-0.15, -0.1) is 0 Å². The first kappa shape index (κ1) is 24.2. The lowest BCUT2D eigenvalue weighted by Crippen LogP contribution is -1.93. The van der Waals surface area contributed by atoms with Crippen molar-refractivity contribution in [3.8, 4) is 33.4 Å². The van der Waals surface area contributed by atoms with E-state index in [-0.39, 0.29) is 0 Å². The average molecular weight is 549 g/mol. The summed E-state index contributed by atoms with van der Waals surface area (Å²) in [5.41, 5.74) is 9.56. The molecule has 0 amide bonds. The predicted octanol–water partition coefficient (Wildman–Crippen LogP) is 11.9. The first-order valence-corrected chi connectivity index (χ1v) is 15.1. The van der Waals surface area contributed by atoms with Crippen molar-refractivity contribution in [2.24, 2.45) is 0 Å². The molecule has 1 aliphatic rings. The summed E-state index contributed by atoms with van der Waals surface area (Å²) < 4.78 is 6.62. The van der Waals surface area contributed by atoms with Crippen LogP contribution in [0.2, 0.25) is 0 Å². The Kier molecular flexibility index (Phi) is 5.39. The minimum absolute atomic E-state index is 0.934. The van der Waals surface area contributed by atoms with Gasteiger partial charge in [-0.25, -0.2) is 0 Å². The summed E-state index contributed by atoms with van der Waals surface area (Å²) in [6.07, 6.45) is 6.50. The van der Waals surface area contributed by atoms with Gasteiger partial charge in [-0.1, -0.05) is 127 Å². The van der Waals surface area contributed by atoms with E-state index in [1.807, 2.05) is 0 Å². The molecule has 0 aliphatic heterocycles. The Hall–Kier alpha value is -5.40. The van der Waals surface area contributed by atoms with Crippen LogP contribution in [0.5, 0.6) is 0 Å². The van der Waals surface area contributed by atoms with E-state index in [0.29, 0.717) is 0 Å². The maximum Gasteiger partial charge on any atom is 0.136 e. The van der Waals surface area contributed by atoms with Gasteiger partial charge in [-0.3, -0.25) is 0 Å². The molecule has 0 unspecified atom stereocenters. The van der Waals surface area contributed by atoms with E-state index in [1.54, 1.807) is 0 Å². The van der Waals surface area contributed by atoms with Crippen LogP contribution >= 0.6 is 0 Å². The zero-order valence-corrected chi connectivity index (χ0v) is 23.7. The van der Waals surface area contributed by atoms with Crippen LogP contribution in [0.4, 0.5) is 0 Å². The highest BCUT2D eigenvalue weighted by molar-refractivity contribution is 6.24. The molecule has 202 valence electrons. The summed E-state index contributed by atoms with van der Waals surface area (Å²) in [6.45, 7) is 0. The standard InChI is InChI=1S/C42H28O/c1-2-12-27(13-3-1)31-25-37(42-36-20-10-11-21-38(36)43-39(42)26-31)41-34-18-8-6-16-32(34)40(33-17-7-9-19-35(33)41)30-23-22-28-14-4-5-15-29(28)24-30/h1-10,12-20,22-26H,11,21H2. The molecular formula is C42H28O. The second-order valence-corrected chi connectivity index (χ2v) is 11.5. The maximum atomic E-state index is 6.62. The second-order valence-electron chi connectivity index (χ2n) is 11.5. The molecule has 0 N–H and O–H groups in total. The van der Waals surface area contributed by atoms with Crippen LogP contribution < -0.4 is 0 Å². The van der Waals surface area contributed by atoms with Gasteiger partial charge in [-0.05, 0) is 90.3 Å². The molecule has 1 heteroatoms. The number of aryl methyl sites for hydroxylation is 1. The summed E-state index contributed by atoms with van der Waals surface area (Å²) in [6, 6.07) is 48.6. The van der Waals surface area contributed by atoms with E-state index in [4.69, 9.17) is 4.42 Å². The van der Waals surface area contributed by atoms with E-state index in [1.165, 1.54) is 76.6 Å². The van der Waals surface area contributed by atoms with E-state index < -0.39 is 0 Å². The minimum atomic E-state index is 0.934. The van der Waals surface area contributed by atoms with E-state index >= 15 is 0 Å². The molecule has 1 nitrogen and oxygen atoms in total. The lowest BCUT2D eigenvalue weighted by Gasteiger charge is -2.19. The monoisotopic (exact) mass is 548 g/mol.